The summed E-state index contributed by atoms with van der Waals surface area (Å²) in [5.41, 5.74) is 9.42. The fourth-order valence-electron chi connectivity index (χ4n) is 3.82. The number of halogens is 1. The monoisotopic (exact) mass is 434 g/mol. The predicted molar refractivity (Wildman–Crippen MR) is 124 cm³/mol. The van der Waals surface area contributed by atoms with E-state index in [1.807, 2.05) is 48.8 Å². The zero-order chi connectivity index (χ0) is 22.5. The van der Waals surface area contributed by atoms with Crippen LogP contribution in [0.25, 0.3) is 11.1 Å². The van der Waals surface area contributed by atoms with Crippen LogP contribution < -0.4 is 15.5 Å². The molecule has 2 heterocycles. The van der Waals surface area contributed by atoms with Crippen LogP contribution in [-0.2, 0) is 11.3 Å². The van der Waals surface area contributed by atoms with E-state index in [4.69, 9.17) is 5.73 Å². The van der Waals surface area contributed by atoms with E-state index in [-0.39, 0.29) is 18.3 Å². The van der Waals surface area contributed by atoms with Crippen LogP contribution in [0.1, 0.15) is 5.56 Å². The van der Waals surface area contributed by atoms with E-state index in [0.717, 1.165) is 48.6 Å². The first-order valence-corrected chi connectivity index (χ1v) is 10.6. The molecule has 1 fully saturated rings. The van der Waals surface area contributed by atoms with Crippen molar-refractivity contribution in [3.05, 3.63) is 72.3 Å². The first kappa shape index (κ1) is 21.7. The smallest absolute Gasteiger partial charge is 0.236 e. The third-order valence-corrected chi connectivity index (χ3v) is 5.67. The molecule has 0 unspecified atom stereocenters. The largest absolute Gasteiger partial charge is 0.368 e. The van der Waals surface area contributed by atoms with Crippen LogP contribution in [0.5, 0.6) is 0 Å². The molecule has 1 aliphatic heterocycles. The standard InChI is InChI=1S/C24H27FN6O/c1-29(23(32)14-26)17-18-3-2-4-19(13-18)20-15-27-24(28-16-20)31-11-9-30(10-12-31)22-7-5-21(25)6-8-22/h2-8,13,15-16H,9-12,14,17,26H2,1H3. The Morgan fingerprint density at radius 1 is 1.00 bits per heavy atom. The SMILES string of the molecule is CN(Cc1cccc(-c2cnc(N3CCN(c4ccc(F)cc4)CC3)nc2)c1)C(=O)CN. The van der Waals surface area contributed by atoms with E-state index in [1.54, 1.807) is 11.9 Å². The number of hydrogen-bond acceptors (Lipinski definition) is 6. The summed E-state index contributed by atoms with van der Waals surface area (Å²) in [6.45, 7) is 3.76. The lowest BCUT2D eigenvalue weighted by Crippen LogP contribution is -2.47. The molecule has 1 saturated heterocycles. The summed E-state index contributed by atoms with van der Waals surface area (Å²) in [6.07, 6.45) is 3.67. The number of rotatable bonds is 6. The second kappa shape index (κ2) is 9.74. The van der Waals surface area contributed by atoms with E-state index >= 15 is 0 Å². The van der Waals surface area contributed by atoms with Gasteiger partial charge in [-0.2, -0.15) is 0 Å². The van der Waals surface area contributed by atoms with Gasteiger partial charge in [-0.1, -0.05) is 18.2 Å². The number of nitrogens with zero attached hydrogens (tertiary/aromatic N) is 5. The summed E-state index contributed by atoms with van der Waals surface area (Å²) < 4.78 is 13.2. The molecule has 2 N–H and O–H groups in total. The number of anilines is 2. The lowest BCUT2D eigenvalue weighted by molar-refractivity contribution is -0.128. The van der Waals surface area contributed by atoms with Gasteiger partial charge in [0.05, 0.1) is 6.54 Å². The van der Waals surface area contributed by atoms with Crippen LogP contribution >= 0.6 is 0 Å². The Hall–Kier alpha value is -3.52. The van der Waals surface area contributed by atoms with Gasteiger partial charge in [0, 0.05) is 63.4 Å². The molecule has 0 radical (unpaired) electrons. The molecule has 1 aliphatic rings. The molecule has 0 spiro atoms. The van der Waals surface area contributed by atoms with Crippen molar-refractivity contribution in [1.82, 2.24) is 14.9 Å². The molecule has 0 bridgehead atoms. The topological polar surface area (TPSA) is 78.6 Å². The minimum atomic E-state index is -0.220. The lowest BCUT2D eigenvalue weighted by Gasteiger charge is -2.36. The Morgan fingerprint density at radius 3 is 2.31 bits per heavy atom. The first-order valence-electron chi connectivity index (χ1n) is 10.6. The Labute approximate surface area is 187 Å². The Kier molecular flexibility index (Phi) is 6.61. The maximum absolute atomic E-state index is 13.2. The molecule has 2 aromatic carbocycles. The highest BCUT2D eigenvalue weighted by molar-refractivity contribution is 5.77. The van der Waals surface area contributed by atoms with E-state index in [0.29, 0.717) is 12.5 Å². The van der Waals surface area contributed by atoms with Crippen LogP contribution in [-0.4, -0.2) is 60.5 Å². The molecule has 4 rings (SSSR count). The van der Waals surface area contributed by atoms with Gasteiger partial charge in [0.15, 0.2) is 0 Å². The number of amides is 1. The number of nitrogens with two attached hydrogens (primary N) is 1. The molecule has 32 heavy (non-hydrogen) atoms. The van der Waals surface area contributed by atoms with Crippen LogP contribution in [0.4, 0.5) is 16.0 Å². The van der Waals surface area contributed by atoms with Crippen molar-refractivity contribution in [2.24, 2.45) is 5.73 Å². The molecule has 1 aromatic heterocycles. The fraction of sp³-hybridized carbons (Fsp3) is 0.292. The van der Waals surface area contributed by atoms with Crippen molar-refractivity contribution in [3.63, 3.8) is 0 Å². The number of piperazine rings is 1. The Bertz CT molecular complexity index is 1050. The van der Waals surface area contributed by atoms with E-state index in [1.165, 1.54) is 12.1 Å². The van der Waals surface area contributed by atoms with Gasteiger partial charge in [0.1, 0.15) is 5.82 Å². The minimum Gasteiger partial charge on any atom is -0.368 e. The fourth-order valence-corrected chi connectivity index (χ4v) is 3.82. The van der Waals surface area contributed by atoms with Gasteiger partial charge >= 0.3 is 0 Å². The first-order chi connectivity index (χ1) is 15.5. The number of carbonyl (C=O) groups is 1. The summed E-state index contributed by atoms with van der Waals surface area (Å²) in [5, 5.41) is 0. The second-order valence-corrected chi connectivity index (χ2v) is 7.88. The molecule has 0 atom stereocenters. The van der Waals surface area contributed by atoms with Crippen LogP contribution in [0, 0.1) is 5.82 Å². The average Bonchev–Trinajstić information content (AvgIpc) is 2.84. The van der Waals surface area contributed by atoms with E-state index in [2.05, 4.69) is 19.8 Å². The Morgan fingerprint density at radius 2 is 1.66 bits per heavy atom. The van der Waals surface area contributed by atoms with Gasteiger partial charge in [-0.3, -0.25) is 4.79 Å². The van der Waals surface area contributed by atoms with E-state index < -0.39 is 0 Å². The lowest BCUT2D eigenvalue weighted by atomic mass is 10.1. The number of hydrogen-bond donors (Lipinski definition) is 1. The van der Waals surface area contributed by atoms with Crippen molar-refractivity contribution in [3.8, 4) is 11.1 Å². The predicted octanol–water partition coefficient (Wildman–Crippen LogP) is 2.53. The van der Waals surface area contributed by atoms with Gasteiger partial charge < -0.3 is 20.4 Å². The highest BCUT2D eigenvalue weighted by Gasteiger charge is 2.19. The van der Waals surface area contributed by atoms with Crippen molar-refractivity contribution >= 4 is 17.5 Å². The minimum absolute atomic E-state index is 0.00362. The van der Waals surface area contributed by atoms with Gasteiger partial charge in [-0.05, 0) is 41.5 Å². The third kappa shape index (κ3) is 5.03. The maximum Gasteiger partial charge on any atom is 0.236 e. The molecule has 7 nitrogen and oxygen atoms in total. The number of benzene rings is 2. The average molecular weight is 435 g/mol. The van der Waals surface area contributed by atoms with Crippen molar-refractivity contribution in [1.29, 1.82) is 0 Å². The number of carbonyl (C=O) groups excluding carboxylic acids is 1. The van der Waals surface area contributed by atoms with Crippen LogP contribution in [0.3, 0.4) is 0 Å². The molecule has 3 aromatic rings. The van der Waals surface area contributed by atoms with Gasteiger partial charge in [-0.25, -0.2) is 14.4 Å². The number of likely N-dealkylation sites (N-methyl/N-ethyl adjacent to an activating group) is 1. The van der Waals surface area contributed by atoms with E-state index in [9.17, 15) is 9.18 Å². The molecule has 0 saturated carbocycles. The third-order valence-electron chi connectivity index (χ3n) is 5.67. The van der Waals surface area contributed by atoms with Crippen molar-refractivity contribution < 1.29 is 9.18 Å². The highest BCUT2D eigenvalue weighted by Crippen LogP contribution is 2.22. The van der Waals surface area contributed by atoms with Crippen molar-refractivity contribution in [2.45, 2.75) is 6.54 Å². The van der Waals surface area contributed by atoms with Gasteiger partial charge in [0.2, 0.25) is 11.9 Å². The zero-order valence-electron chi connectivity index (χ0n) is 18.1. The zero-order valence-corrected chi connectivity index (χ0v) is 18.1. The maximum atomic E-state index is 13.2. The van der Waals surface area contributed by atoms with Crippen LogP contribution in [0.2, 0.25) is 0 Å². The summed E-state index contributed by atoms with van der Waals surface area (Å²) in [4.78, 5) is 26.9. The molecule has 8 heteroatoms. The normalized spacial score (nSPS) is 13.8. The molecular formula is C24H27FN6O. The summed E-state index contributed by atoms with van der Waals surface area (Å²) in [6, 6.07) is 14.6. The molecular weight excluding hydrogens is 407 g/mol. The van der Waals surface area contributed by atoms with Gasteiger partial charge in [0.25, 0.3) is 0 Å². The molecule has 1 amide bonds. The van der Waals surface area contributed by atoms with Crippen LogP contribution in [0.15, 0.2) is 60.9 Å². The second-order valence-electron chi connectivity index (χ2n) is 7.88. The molecule has 0 aliphatic carbocycles. The number of aromatic nitrogens is 2. The summed E-state index contributed by atoms with van der Waals surface area (Å²) >= 11 is 0. The summed E-state index contributed by atoms with van der Waals surface area (Å²) in [5.74, 6) is 0.391. The van der Waals surface area contributed by atoms with Gasteiger partial charge in [-0.15, -0.1) is 0 Å². The quantitative estimate of drug-likeness (QED) is 0.642. The highest BCUT2D eigenvalue weighted by atomic mass is 19.1. The summed E-state index contributed by atoms with van der Waals surface area (Å²) in [7, 11) is 1.75. The Balaban J connectivity index is 1.39. The van der Waals surface area contributed by atoms with Crippen molar-refractivity contribution in [2.75, 3.05) is 49.6 Å². The molecule has 166 valence electrons.